The molecule has 1 aliphatic carbocycles. The van der Waals surface area contributed by atoms with Crippen LogP contribution in [0.5, 0.6) is 0 Å². The molecule has 0 atom stereocenters. The second kappa shape index (κ2) is 7.03. The lowest BCUT2D eigenvalue weighted by Crippen LogP contribution is -2.51. The second-order valence-corrected chi connectivity index (χ2v) is 4.75. The molecule has 0 saturated heterocycles. The third-order valence-electron chi connectivity index (χ3n) is 3.22. The highest BCUT2D eigenvalue weighted by Gasteiger charge is 2.36. The molecule has 0 radical (unpaired) electrons. The number of carbonyl (C=O) groups excluding carboxylic acids is 1. The third-order valence-corrected chi connectivity index (χ3v) is 3.22. The van der Waals surface area contributed by atoms with Crippen molar-refractivity contribution in [3.63, 3.8) is 0 Å². The van der Waals surface area contributed by atoms with Gasteiger partial charge in [-0.1, -0.05) is 25.3 Å². The highest BCUT2D eigenvalue weighted by molar-refractivity contribution is 5.72. The third kappa shape index (κ3) is 4.77. The summed E-state index contributed by atoms with van der Waals surface area (Å²) in [5.74, 6) is -0.886. The van der Waals surface area contributed by atoms with Gasteiger partial charge < -0.3 is 15.2 Å². The fourth-order valence-corrected chi connectivity index (χ4v) is 2.35. The first kappa shape index (κ1) is 14.5. The molecule has 0 aromatic heterocycles. The lowest BCUT2D eigenvalue weighted by molar-refractivity contribution is -0.139. The van der Waals surface area contributed by atoms with Crippen LogP contribution in [0, 0.1) is 0 Å². The van der Waals surface area contributed by atoms with Gasteiger partial charge in [-0.3, -0.25) is 4.79 Å². The quantitative estimate of drug-likeness (QED) is 0.564. The monoisotopic (exact) mass is 255 g/mol. The van der Waals surface area contributed by atoms with Gasteiger partial charge in [-0.2, -0.15) is 0 Å². The van der Waals surface area contributed by atoms with Crippen molar-refractivity contribution < 1.29 is 19.4 Å². The molecule has 1 saturated carbocycles. The van der Waals surface area contributed by atoms with Crippen LogP contribution in [0.4, 0.5) is 4.79 Å². The smallest absolute Gasteiger partial charge is 0.407 e. The number of carbonyl (C=O) groups is 2. The minimum Gasteiger partial charge on any atom is -0.481 e. The first-order valence-electron chi connectivity index (χ1n) is 6.36. The number of hydrogen-bond acceptors (Lipinski definition) is 3. The van der Waals surface area contributed by atoms with E-state index in [-0.39, 0.29) is 13.0 Å². The molecule has 0 unspecified atom stereocenters. The van der Waals surface area contributed by atoms with Crippen LogP contribution < -0.4 is 5.32 Å². The Hall–Kier alpha value is -1.52. The van der Waals surface area contributed by atoms with Gasteiger partial charge in [0, 0.05) is 0 Å². The van der Waals surface area contributed by atoms with Gasteiger partial charge in [0.2, 0.25) is 0 Å². The zero-order valence-electron chi connectivity index (χ0n) is 10.6. The topological polar surface area (TPSA) is 75.6 Å². The van der Waals surface area contributed by atoms with E-state index >= 15 is 0 Å². The maximum atomic E-state index is 11.6. The molecule has 2 N–H and O–H groups in total. The number of nitrogens with one attached hydrogen (secondary N) is 1. The van der Waals surface area contributed by atoms with Gasteiger partial charge in [0.1, 0.15) is 0 Å². The summed E-state index contributed by atoms with van der Waals surface area (Å²) in [5.41, 5.74) is -0.630. The van der Waals surface area contributed by atoms with Gasteiger partial charge in [0.25, 0.3) is 0 Å². The van der Waals surface area contributed by atoms with Crippen molar-refractivity contribution in [2.75, 3.05) is 6.61 Å². The Morgan fingerprint density at radius 3 is 2.56 bits per heavy atom. The van der Waals surface area contributed by atoms with Crippen molar-refractivity contribution in [2.45, 2.75) is 50.5 Å². The molecular weight excluding hydrogens is 234 g/mol. The standard InChI is InChI=1S/C13H21NO4/c1-2-3-9-18-12(17)14-13(10-11(15)16)7-5-4-6-8-13/h2H,1,3-10H2,(H,14,17)(H,15,16). The fourth-order valence-electron chi connectivity index (χ4n) is 2.35. The van der Waals surface area contributed by atoms with Crippen LogP contribution in [0.2, 0.25) is 0 Å². The maximum Gasteiger partial charge on any atom is 0.407 e. The molecular formula is C13H21NO4. The lowest BCUT2D eigenvalue weighted by atomic mass is 9.79. The summed E-state index contributed by atoms with van der Waals surface area (Å²) in [6.45, 7) is 3.81. The van der Waals surface area contributed by atoms with Crippen LogP contribution in [0.15, 0.2) is 12.7 Å². The van der Waals surface area contributed by atoms with Crippen LogP contribution in [0.3, 0.4) is 0 Å². The summed E-state index contributed by atoms with van der Waals surface area (Å²) in [6, 6.07) is 0. The van der Waals surface area contributed by atoms with Gasteiger partial charge in [0.15, 0.2) is 0 Å². The molecule has 0 heterocycles. The average molecular weight is 255 g/mol. The fraction of sp³-hybridized carbons (Fsp3) is 0.692. The van der Waals surface area contributed by atoms with E-state index in [4.69, 9.17) is 9.84 Å². The Labute approximate surface area is 107 Å². The largest absolute Gasteiger partial charge is 0.481 e. The number of hydrogen-bond donors (Lipinski definition) is 2. The van der Waals surface area contributed by atoms with Crippen molar-refractivity contribution in [3.05, 3.63) is 12.7 Å². The molecule has 1 amide bonds. The molecule has 102 valence electrons. The maximum absolute atomic E-state index is 11.6. The first-order valence-corrected chi connectivity index (χ1v) is 6.36. The number of alkyl carbamates (subject to hydrolysis) is 1. The molecule has 1 fully saturated rings. The Kier molecular flexibility index (Phi) is 5.68. The average Bonchev–Trinajstić information content (AvgIpc) is 2.29. The number of aliphatic carboxylic acids is 1. The van der Waals surface area contributed by atoms with Gasteiger partial charge in [0.05, 0.1) is 18.6 Å². The van der Waals surface area contributed by atoms with E-state index in [0.29, 0.717) is 19.3 Å². The molecule has 0 aliphatic heterocycles. The van der Waals surface area contributed by atoms with Crippen molar-refractivity contribution in [2.24, 2.45) is 0 Å². The van der Waals surface area contributed by atoms with E-state index < -0.39 is 17.6 Å². The van der Waals surface area contributed by atoms with Crippen molar-refractivity contribution in [1.29, 1.82) is 0 Å². The molecule has 5 heteroatoms. The molecule has 1 aliphatic rings. The summed E-state index contributed by atoms with van der Waals surface area (Å²) in [7, 11) is 0. The first-order chi connectivity index (χ1) is 8.58. The number of ether oxygens (including phenoxy) is 1. The Bertz CT molecular complexity index is 308. The lowest BCUT2D eigenvalue weighted by Gasteiger charge is -2.36. The number of carboxylic acids is 1. The van der Waals surface area contributed by atoms with E-state index in [9.17, 15) is 9.59 Å². The molecule has 0 aromatic rings. The summed E-state index contributed by atoms with van der Waals surface area (Å²) in [4.78, 5) is 22.5. The van der Waals surface area contributed by atoms with Crippen LogP contribution in [-0.4, -0.2) is 29.3 Å². The normalized spacial score (nSPS) is 17.8. The Morgan fingerprint density at radius 2 is 2.00 bits per heavy atom. The van der Waals surface area contributed by atoms with Gasteiger partial charge >= 0.3 is 12.1 Å². The number of amides is 1. The zero-order chi connectivity index (χ0) is 13.4. The molecule has 1 rings (SSSR count). The van der Waals surface area contributed by atoms with Crippen LogP contribution >= 0.6 is 0 Å². The SMILES string of the molecule is C=CCCOC(=O)NC1(CC(=O)O)CCCCC1. The number of rotatable bonds is 6. The summed E-state index contributed by atoms with van der Waals surface area (Å²) in [6.07, 6.45) is 6.09. The Morgan fingerprint density at radius 1 is 1.33 bits per heavy atom. The summed E-state index contributed by atoms with van der Waals surface area (Å²) < 4.78 is 4.98. The van der Waals surface area contributed by atoms with Gasteiger partial charge in [-0.25, -0.2) is 4.79 Å². The van der Waals surface area contributed by atoms with Crippen LogP contribution in [-0.2, 0) is 9.53 Å². The van der Waals surface area contributed by atoms with E-state index in [1.165, 1.54) is 0 Å². The highest BCUT2D eigenvalue weighted by Crippen LogP contribution is 2.31. The van der Waals surface area contributed by atoms with E-state index in [0.717, 1.165) is 19.3 Å². The van der Waals surface area contributed by atoms with Crippen molar-refractivity contribution in [3.8, 4) is 0 Å². The number of carboxylic acid groups (broad SMARTS) is 1. The predicted molar refractivity (Wildman–Crippen MR) is 67.4 cm³/mol. The highest BCUT2D eigenvalue weighted by atomic mass is 16.5. The zero-order valence-corrected chi connectivity index (χ0v) is 10.6. The molecule has 0 spiro atoms. The predicted octanol–water partition coefficient (Wildman–Crippen LogP) is 2.47. The van der Waals surface area contributed by atoms with Crippen molar-refractivity contribution >= 4 is 12.1 Å². The van der Waals surface area contributed by atoms with Gasteiger partial charge in [-0.05, 0) is 19.3 Å². The molecule has 0 bridgehead atoms. The van der Waals surface area contributed by atoms with Crippen LogP contribution in [0.1, 0.15) is 44.9 Å². The molecule has 0 aromatic carbocycles. The van der Waals surface area contributed by atoms with Gasteiger partial charge in [-0.15, -0.1) is 6.58 Å². The van der Waals surface area contributed by atoms with Crippen LogP contribution in [0.25, 0.3) is 0 Å². The molecule has 5 nitrogen and oxygen atoms in total. The summed E-state index contributed by atoms with van der Waals surface area (Å²) >= 11 is 0. The van der Waals surface area contributed by atoms with Crippen molar-refractivity contribution in [1.82, 2.24) is 5.32 Å². The molecule has 18 heavy (non-hydrogen) atoms. The minimum absolute atomic E-state index is 0.0381. The van der Waals surface area contributed by atoms with E-state index in [2.05, 4.69) is 11.9 Å². The summed E-state index contributed by atoms with van der Waals surface area (Å²) in [5, 5.41) is 11.7. The Balaban J connectivity index is 2.52. The minimum atomic E-state index is -0.886. The van der Waals surface area contributed by atoms with E-state index in [1.54, 1.807) is 6.08 Å². The van der Waals surface area contributed by atoms with E-state index in [1.807, 2.05) is 0 Å². The second-order valence-electron chi connectivity index (χ2n) is 4.75.